The predicted octanol–water partition coefficient (Wildman–Crippen LogP) is 4.13. The SMILES string of the molecule is CCCCC(=O)Nc1ccc(Nc2ccc(C(=O)OCC)cc2)cn1. The minimum absolute atomic E-state index is 0.0235. The topological polar surface area (TPSA) is 80.3 Å². The second-order valence-electron chi connectivity index (χ2n) is 5.51. The molecule has 1 aromatic carbocycles. The van der Waals surface area contributed by atoms with Crippen LogP contribution in [0, 0.1) is 0 Å². The van der Waals surface area contributed by atoms with Crippen LogP contribution in [0.2, 0.25) is 0 Å². The van der Waals surface area contributed by atoms with E-state index in [-0.39, 0.29) is 11.9 Å². The molecule has 0 spiro atoms. The first-order valence-corrected chi connectivity index (χ1v) is 8.42. The number of anilines is 3. The van der Waals surface area contributed by atoms with E-state index in [1.54, 1.807) is 43.5 Å². The van der Waals surface area contributed by atoms with Crippen LogP contribution in [0.1, 0.15) is 43.5 Å². The number of hydrogen-bond acceptors (Lipinski definition) is 5. The lowest BCUT2D eigenvalue weighted by Gasteiger charge is -2.08. The van der Waals surface area contributed by atoms with Crippen molar-refractivity contribution in [3.8, 4) is 0 Å². The molecule has 0 aliphatic carbocycles. The maximum atomic E-state index is 11.7. The normalized spacial score (nSPS) is 10.2. The minimum Gasteiger partial charge on any atom is -0.462 e. The van der Waals surface area contributed by atoms with Crippen molar-refractivity contribution in [2.75, 3.05) is 17.2 Å². The number of aromatic nitrogens is 1. The molecular weight excluding hydrogens is 318 g/mol. The fourth-order valence-electron chi connectivity index (χ4n) is 2.16. The Morgan fingerprint density at radius 2 is 1.76 bits per heavy atom. The number of nitrogens with zero attached hydrogens (tertiary/aromatic N) is 1. The first kappa shape index (κ1) is 18.4. The molecule has 0 radical (unpaired) electrons. The molecule has 0 saturated carbocycles. The third kappa shape index (κ3) is 5.91. The zero-order chi connectivity index (χ0) is 18.1. The third-order valence-corrected chi connectivity index (χ3v) is 3.47. The second-order valence-corrected chi connectivity index (χ2v) is 5.51. The number of pyridine rings is 1. The number of rotatable bonds is 8. The van der Waals surface area contributed by atoms with E-state index in [0.29, 0.717) is 24.4 Å². The van der Waals surface area contributed by atoms with E-state index in [9.17, 15) is 9.59 Å². The largest absolute Gasteiger partial charge is 0.462 e. The van der Waals surface area contributed by atoms with Gasteiger partial charge in [-0.25, -0.2) is 9.78 Å². The van der Waals surface area contributed by atoms with Gasteiger partial charge in [-0.05, 0) is 49.7 Å². The van der Waals surface area contributed by atoms with Gasteiger partial charge in [-0.3, -0.25) is 4.79 Å². The maximum Gasteiger partial charge on any atom is 0.338 e. The van der Waals surface area contributed by atoms with Crippen LogP contribution in [0.25, 0.3) is 0 Å². The second kappa shape index (κ2) is 9.42. The van der Waals surface area contributed by atoms with Gasteiger partial charge in [-0.15, -0.1) is 0 Å². The van der Waals surface area contributed by atoms with Crippen LogP contribution in [-0.4, -0.2) is 23.5 Å². The first-order valence-electron chi connectivity index (χ1n) is 8.42. The summed E-state index contributed by atoms with van der Waals surface area (Å²) in [5, 5.41) is 5.96. The molecule has 0 fully saturated rings. The molecule has 25 heavy (non-hydrogen) atoms. The van der Waals surface area contributed by atoms with Crippen molar-refractivity contribution in [2.45, 2.75) is 33.1 Å². The van der Waals surface area contributed by atoms with Gasteiger partial charge in [0.15, 0.2) is 0 Å². The molecule has 6 nitrogen and oxygen atoms in total. The number of carbonyl (C=O) groups excluding carboxylic acids is 2. The molecule has 132 valence electrons. The highest BCUT2D eigenvalue weighted by Crippen LogP contribution is 2.18. The third-order valence-electron chi connectivity index (χ3n) is 3.47. The van der Waals surface area contributed by atoms with Crippen molar-refractivity contribution in [1.82, 2.24) is 4.98 Å². The number of esters is 1. The van der Waals surface area contributed by atoms with Gasteiger partial charge in [0.2, 0.25) is 5.91 Å². The molecular formula is C19H23N3O3. The van der Waals surface area contributed by atoms with E-state index in [1.807, 2.05) is 13.0 Å². The van der Waals surface area contributed by atoms with Crippen molar-refractivity contribution < 1.29 is 14.3 Å². The summed E-state index contributed by atoms with van der Waals surface area (Å²) in [6.45, 7) is 4.17. The fraction of sp³-hybridized carbons (Fsp3) is 0.316. The number of amides is 1. The molecule has 0 unspecified atom stereocenters. The summed E-state index contributed by atoms with van der Waals surface area (Å²) in [4.78, 5) is 27.5. The Morgan fingerprint density at radius 1 is 1.04 bits per heavy atom. The van der Waals surface area contributed by atoms with E-state index in [0.717, 1.165) is 24.2 Å². The van der Waals surface area contributed by atoms with Gasteiger partial charge in [0.25, 0.3) is 0 Å². The van der Waals surface area contributed by atoms with Crippen LogP contribution < -0.4 is 10.6 Å². The molecule has 0 atom stereocenters. The summed E-state index contributed by atoms with van der Waals surface area (Å²) < 4.78 is 4.95. The zero-order valence-corrected chi connectivity index (χ0v) is 14.5. The van der Waals surface area contributed by atoms with Gasteiger partial charge < -0.3 is 15.4 Å². The summed E-state index contributed by atoms with van der Waals surface area (Å²) in [5.41, 5.74) is 2.13. The number of carbonyl (C=O) groups is 2. The fourth-order valence-corrected chi connectivity index (χ4v) is 2.16. The van der Waals surface area contributed by atoms with Gasteiger partial charge in [0.1, 0.15) is 5.82 Å². The Labute approximate surface area is 147 Å². The van der Waals surface area contributed by atoms with E-state index in [1.165, 1.54) is 0 Å². The van der Waals surface area contributed by atoms with Crippen LogP contribution in [-0.2, 0) is 9.53 Å². The predicted molar refractivity (Wildman–Crippen MR) is 98.1 cm³/mol. The molecule has 6 heteroatoms. The van der Waals surface area contributed by atoms with E-state index < -0.39 is 0 Å². The van der Waals surface area contributed by atoms with Crippen LogP contribution in [0.4, 0.5) is 17.2 Å². The summed E-state index contributed by atoms with van der Waals surface area (Å²) in [6, 6.07) is 10.6. The van der Waals surface area contributed by atoms with E-state index >= 15 is 0 Å². The Balaban J connectivity index is 1.92. The molecule has 2 aromatic rings. The lowest BCUT2D eigenvalue weighted by Crippen LogP contribution is -2.12. The number of benzene rings is 1. The molecule has 2 rings (SSSR count). The lowest BCUT2D eigenvalue weighted by atomic mass is 10.2. The summed E-state index contributed by atoms with van der Waals surface area (Å²) in [5.74, 6) is 0.174. The van der Waals surface area contributed by atoms with Crippen LogP contribution in [0.15, 0.2) is 42.6 Å². The van der Waals surface area contributed by atoms with Crippen molar-refractivity contribution in [3.63, 3.8) is 0 Å². The van der Waals surface area contributed by atoms with Gasteiger partial charge in [0, 0.05) is 12.1 Å². The monoisotopic (exact) mass is 341 g/mol. The Hall–Kier alpha value is -2.89. The molecule has 0 aliphatic heterocycles. The Morgan fingerprint density at radius 3 is 2.36 bits per heavy atom. The quantitative estimate of drug-likeness (QED) is 0.706. The average Bonchev–Trinajstić information content (AvgIpc) is 2.62. The molecule has 2 N–H and O–H groups in total. The van der Waals surface area contributed by atoms with Crippen LogP contribution in [0.5, 0.6) is 0 Å². The van der Waals surface area contributed by atoms with Crippen LogP contribution in [0.3, 0.4) is 0 Å². The van der Waals surface area contributed by atoms with E-state index in [4.69, 9.17) is 4.74 Å². The van der Waals surface area contributed by atoms with Gasteiger partial charge >= 0.3 is 5.97 Å². The number of ether oxygens (including phenoxy) is 1. The molecule has 0 saturated heterocycles. The zero-order valence-electron chi connectivity index (χ0n) is 14.5. The van der Waals surface area contributed by atoms with Crippen molar-refractivity contribution in [1.29, 1.82) is 0 Å². The highest BCUT2D eigenvalue weighted by molar-refractivity contribution is 5.90. The lowest BCUT2D eigenvalue weighted by molar-refractivity contribution is -0.116. The first-order chi connectivity index (χ1) is 12.1. The van der Waals surface area contributed by atoms with Gasteiger partial charge in [0.05, 0.1) is 24.1 Å². The highest BCUT2D eigenvalue weighted by Gasteiger charge is 2.06. The number of hydrogen-bond donors (Lipinski definition) is 2. The summed E-state index contributed by atoms with van der Waals surface area (Å²) >= 11 is 0. The van der Waals surface area contributed by atoms with Crippen molar-refractivity contribution in [2.24, 2.45) is 0 Å². The van der Waals surface area contributed by atoms with Crippen molar-refractivity contribution in [3.05, 3.63) is 48.2 Å². The molecule has 1 heterocycles. The maximum absolute atomic E-state index is 11.7. The van der Waals surface area contributed by atoms with Gasteiger partial charge in [-0.2, -0.15) is 0 Å². The van der Waals surface area contributed by atoms with Crippen molar-refractivity contribution >= 4 is 29.1 Å². The molecule has 1 aromatic heterocycles. The Kier molecular flexibility index (Phi) is 6.95. The van der Waals surface area contributed by atoms with Crippen LogP contribution >= 0.6 is 0 Å². The van der Waals surface area contributed by atoms with Gasteiger partial charge in [-0.1, -0.05) is 13.3 Å². The average molecular weight is 341 g/mol. The number of nitrogens with one attached hydrogen (secondary N) is 2. The van der Waals surface area contributed by atoms with E-state index in [2.05, 4.69) is 15.6 Å². The standard InChI is InChI=1S/C19H23N3O3/c1-3-5-6-18(23)22-17-12-11-16(13-20-17)21-15-9-7-14(8-10-15)19(24)25-4-2/h7-13,21H,3-6H2,1-2H3,(H,20,22,23). The highest BCUT2D eigenvalue weighted by atomic mass is 16.5. The summed E-state index contributed by atoms with van der Waals surface area (Å²) in [7, 11) is 0. The molecule has 0 bridgehead atoms. The number of unbranched alkanes of at least 4 members (excludes halogenated alkanes) is 1. The smallest absolute Gasteiger partial charge is 0.338 e. The minimum atomic E-state index is -0.334. The molecule has 0 aliphatic rings. The summed E-state index contributed by atoms with van der Waals surface area (Å²) in [6.07, 6.45) is 4.01. The Bertz CT molecular complexity index is 697. The molecule has 1 amide bonds.